The Bertz CT molecular complexity index is 646. The summed E-state index contributed by atoms with van der Waals surface area (Å²) in [5.74, 6) is 2.57. The molecule has 0 amide bonds. The molecule has 1 heterocycles. The summed E-state index contributed by atoms with van der Waals surface area (Å²) in [6, 6.07) is 5.40. The van der Waals surface area contributed by atoms with Crippen molar-refractivity contribution in [3.8, 4) is 22.8 Å². The topological polar surface area (TPSA) is 62.3 Å². The van der Waals surface area contributed by atoms with Crippen molar-refractivity contribution in [2.75, 3.05) is 19.5 Å². The number of nitrogens with zero attached hydrogens (tertiary/aromatic N) is 2. The fraction of sp³-hybridized carbons (Fsp3) is 0.400. The molecule has 0 aliphatic heterocycles. The van der Waals surface area contributed by atoms with Crippen LogP contribution in [0.2, 0.25) is 5.02 Å². The summed E-state index contributed by atoms with van der Waals surface area (Å²) < 4.78 is 12.8. The van der Waals surface area contributed by atoms with Gasteiger partial charge in [0.05, 0.1) is 24.4 Å². The minimum absolute atomic E-state index is 0.569. The number of aromatic nitrogens is 2. The van der Waals surface area contributed by atoms with Gasteiger partial charge in [-0.25, -0.2) is 0 Å². The molecule has 1 saturated carbocycles. The maximum absolute atomic E-state index is 6.36. The first-order valence-electron chi connectivity index (χ1n) is 6.88. The van der Waals surface area contributed by atoms with Gasteiger partial charge in [0.1, 0.15) is 5.82 Å². The number of aryl methyl sites for hydroxylation is 1. The van der Waals surface area contributed by atoms with E-state index < -0.39 is 0 Å². The molecular formula is C15H18ClN3O2. The van der Waals surface area contributed by atoms with Crippen LogP contribution in [0.15, 0.2) is 18.2 Å². The van der Waals surface area contributed by atoms with Gasteiger partial charge < -0.3 is 15.2 Å². The molecule has 0 unspecified atom stereocenters. The van der Waals surface area contributed by atoms with Gasteiger partial charge in [-0.05, 0) is 24.8 Å². The van der Waals surface area contributed by atoms with Crippen molar-refractivity contribution >= 4 is 17.4 Å². The van der Waals surface area contributed by atoms with Crippen molar-refractivity contribution < 1.29 is 9.47 Å². The van der Waals surface area contributed by atoms with Crippen molar-refractivity contribution in [3.05, 3.63) is 23.2 Å². The first kappa shape index (κ1) is 14.1. The number of benzene rings is 1. The van der Waals surface area contributed by atoms with Crippen LogP contribution in [0.3, 0.4) is 0 Å². The fourth-order valence-electron chi connectivity index (χ4n) is 2.11. The maximum Gasteiger partial charge on any atom is 0.162 e. The van der Waals surface area contributed by atoms with E-state index in [4.69, 9.17) is 26.8 Å². The van der Waals surface area contributed by atoms with Crippen molar-refractivity contribution in [1.29, 1.82) is 0 Å². The molecule has 1 aliphatic carbocycles. The molecule has 2 N–H and O–H groups in total. The summed E-state index contributed by atoms with van der Waals surface area (Å²) in [7, 11) is 3.40. The zero-order chi connectivity index (χ0) is 15.0. The summed E-state index contributed by atoms with van der Waals surface area (Å²) in [4.78, 5) is 0. The van der Waals surface area contributed by atoms with Gasteiger partial charge >= 0.3 is 0 Å². The highest BCUT2D eigenvalue weighted by Gasteiger charge is 2.23. The molecule has 5 nitrogen and oxygen atoms in total. The second-order valence-corrected chi connectivity index (χ2v) is 5.72. The first-order valence-corrected chi connectivity index (χ1v) is 7.26. The molecule has 1 aromatic heterocycles. The minimum Gasteiger partial charge on any atom is -0.493 e. The number of nitrogens with two attached hydrogens (primary N) is 1. The van der Waals surface area contributed by atoms with Crippen LogP contribution in [-0.4, -0.2) is 23.5 Å². The van der Waals surface area contributed by atoms with E-state index in [9.17, 15) is 0 Å². The van der Waals surface area contributed by atoms with Gasteiger partial charge in [0, 0.05) is 24.7 Å². The molecule has 0 bridgehead atoms. The predicted molar refractivity (Wildman–Crippen MR) is 82.8 cm³/mol. The Morgan fingerprint density at radius 3 is 2.67 bits per heavy atom. The van der Waals surface area contributed by atoms with E-state index in [1.165, 1.54) is 12.8 Å². The molecule has 0 atom stereocenters. The van der Waals surface area contributed by atoms with Crippen LogP contribution in [0.5, 0.6) is 11.5 Å². The average molecular weight is 308 g/mol. The molecule has 6 heteroatoms. The number of anilines is 1. The van der Waals surface area contributed by atoms with E-state index in [1.54, 1.807) is 31.0 Å². The predicted octanol–water partition coefficient (Wildman–Crippen LogP) is 3.12. The molecule has 1 aliphatic rings. The van der Waals surface area contributed by atoms with E-state index in [2.05, 4.69) is 5.10 Å². The van der Waals surface area contributed by atoms with Crippen LogP contribution in [0.25, 0.3) is 11.3 Å². The molecule has 2 aromatic rings. The standard InChI is InChI=1S/C15H18ClN3O2/c1-19-15(17)7-12(18-19)10-5-13(20-2)14(6-11(10)16)21-8-9-3-4-9/h5-7,9H,3-4,8,17H2,1-2H3. The zero-order valence-corrected chi connectivity index (χ0v) is 12.9. The number of hydrogen-bond donors (Lipinski definition) is 1. The molecule has 21 heavy (non-hydrogen) atoms. The molecule has 0 radical (unpaired) electrons. The number of hydrogen-bond acceptors (Lipinski definition) is 4. The maximum atomic E-state index is 6.36. The van der Waals surface area contributed by atoms with Crippen LogP contribution < -0.4 is 15.2 Å². The lowest BCUT2D eigenvalue weighted by Crippen LogP contribution is -2.01. The van der Waals surface area contributed by atoms with E-state index in [0.717, 1.165) is 5.56 Å². The van der Waals surface area contributed by atoms with Crippen molar-refractivity contribution in [2.24, 2.45) is 13.0 Å². The molecule has 112 valence electrons. The normalized spacial score (nSPS) is 14.2. The van der Waals surface area contributed by atoms with Crippen molar-refractivity contribution in [3.63, 3.8) is 0 Å². The van der Waals surface area contributed by atoms with Gasteiger partial charge in [-0.1, -0.05) is 11.6 Å². The van der Waals surface area contributed by atoms with Gasteiger partial charge in [-0.2, -0.15) is 5.10 Å². The highest BCUT2D eigenvalue weighted by molar-refractivity contribution is 6.33. The number of nitrogen functional groups attached to an aromatic ring is 1. The molecule has 3 rings (SSSR count). The van der Waals surface area contributed by atoms with E-state index >= 15 is 0 Å². The third kappa shape index (κ3) is 2.93. The van der Waals surface area contributed by atoms with Crippen LogP contribution in [0.4, 0.5) is 5.82 Å². The molecule has 0 saturated heterocycles. The third-order valence-electron chi connectivity index (χ3n) is 3.62. The van der Waals surface area contributed by atoms with Crippen molar-refractivity contribution in [2.45, 2.75) is 12.8 Å². The monoisotopic (exact) mass is 307 g/mol. The van der Waals surface area contributed by atoms with E-state index in [-0.39, 0.29) is 0 Å². The summed E-state index contributed by atoms with van der Waals surface area (Å²) in [5, 5.41) is 4.91. The zero-order valence-electron chi connectivity index (χ0n) is 12.1. The molecule has 1 aromatic carbocycles. The fourth-order valence-corrected chi connectivity index (χ4v) is 2.36. The van der Waals surface area contributed by atoms with Crippen molar-refractivity contribution in [1.82, 2.24) is 9.78 Å². The minimum atomic E-state index is 0.569. The Labute approximate surface area is 128 Å². The van der Waals surface area contributed by atoms with E-state index in [1.807, 2.05) is 6.07 Å². The SMILES string of the molecule is COc1cc(-c2cc(N)n(C)n2)c(Cl)cc1OCC1CC1. The Balaban J connectivity index is 1.93. The number of methoxy groups -OCH3 is 1. The second-order valence-electron chi connectivity index (χ2n) is 5.32. The second kappa shape index (κ2) is 5.48. The number of rotatable bonds is 5. The van der Waals surface area contributed by atoms with E-state index in [0.29, 0.717) is 40.6 Å². The smallest absolute Gasteiger partial charge is 0.162 e. The van der Waals surface area contributed by atoms with Gasteiger partial charge in [0.15, 0.2) is 11.5 Å². The largest absolute Gasteiger partial charge is 0.493 e. The van der Waals surface area contributed by atoms with Gasteiger partial charge in [-0.3, -0.25) is 4.68 Å². The third-order valence-corrected chi connectivity index (χ3v) is 3.93. The Morgan fingerprint density at radius 2 is 2.10 bits per heavy atom. The van der Waals surface area contributed by atoms with Crippen LogP contribution in [0.1, 0.15) is 12.8 Å². The highest BCUT2D eigenvalue weighted by Crippen LogP contribution is 2.39. The highest BCUT2D eigenvalue weighted by atomic mass is 35.5. The number of halogens is 1. The van der Waals surface area contributed by atoms with Gasteiger partial charge in [0.25, 0.3) is 0 Å². The quantitative estimate of drug-likeness (QED) is 0.922. The first-order chi connectivity index (χ1) is 10.1. The molecule has 1 fully saturated rings. The van der Waals surface area contributed by atoms with Gasteiger partial charge in [0.2, 0.25) is 0 Å². The molecular weight excluding hydrogens is 290 g/mol. The average Bonchev–Trinajstić information content (AvgIpc) is 3.23. The number of ether oxygens (including phenoxy) is 2. The lowest BCUT2D eigenvalue weighted by atomic mass is 10.1. The van der Waals surface area contributed by atoms with Crippen LogP contribution >= 0.6 is 11.6 Å². The Morgan fingerprint density at radius 1 is 1.33 bits per heavy atom. The summed E-state index contributed by atoms with van der Waals surface area (Å²) in [5.41, 5.74) is 7.31. The summed E-state index contributed by atoms with van der Waals surface area (Å²) in [6.45, 7) is 0.711. The van der Waals surface area contributed by atoms with Crippen LogP contribution in [-0.2, 0) is 7.05 Å². The lowest BCUT2D eigenvalue weighted by Gasteiger charge is -2.12. The van der Waals surface area contributed by atoms with Gasteiger partial charge in [-0.15, -0.1) is 0 Å². The summed E-state index contributed by atoms with van der Waals surface area (Å²) in [6.07, 6.45) is 2.47. The summed E-state index contributed by atoms with van der Waals surface area (Å²) >= 11 is 6.36. The Kier molecular flexibility index (Phi) is 3.68. The Hall–Kier alpha value is -1.88. The lowest BCUT2D eigenvalue weighted by molar-refractivity contribution is 0.280. The van der Waals surface area contributed by atoms with Crippen LogP contribution in [0, 0.1) is 5.92 Å². The molecule has 0 spiro atoms.